The second-order valence-corrected chi connectivity index (χ2v) is 15.7. The molecule has 0 amide bonds. The van der Waals surface area contributed by atoms with E-state index in [1.807, 2.05) is 13.1 Å². The number of hydrogen-bond acceptors (Lipinski definition) is 3. The number of nitrogens with zero attached hydrogens (tertiary/aromatic N) is 1. The van der Waals surface area contributed by atoms with Crippen LogP contribution in [0.3, 0.4) is 0 Å². The van der Waals surface area contributed by atoms with E-state index >= 15 is 0 Å². The van der Waals surface area contributed by atoms with Crippen LogP contribution in [-0.4, -0.2) is 12.2 Å². The summed E-state index contributed by atoms with van der Waals surface area (Å²) in [4.78, 5) is 2.43. The molecular formula is C54H44N2O. The number of rotatable bonds is 7. The number of aryl methyl sites for hydroxylation is 1. The lowest BCUT2D eigenvalue weighted by Gasteiger charge is -2.35. The molecule has 2 aliphatic carbocycles. The molecule has 2 N–H and O–H groups in total. The van der Waals surface area contributed by atoms with E-state index in [9.17, 15) is 5.11 Å². The Morgan fingerprint density at radius 3 is 2.19 bits per heavy atom. The third kappa shape index (κ3) is 5.98. The number of anilines is 3. The molecule has 2 aliphatic rings. The van der Waals surface area contributed by atoms with Crippen LogP contribution < -0.4 is 10.2 Å². The van der Waals surface area contributed by atoms with Gasteiger partial charge in [0.25, 0.3) is 0 Å². The maximum absolute atomic E-state index is 11.3. The number of para-hydroxylation sites is 1. The number of aromatic hydroxyl groups is 1. The van der Waals surface area contributed by atoms with Gasteiger partial charge in [0, 0.05) is 40.5 Å². The van der Waals surface area contributed by atoms with Crippen molar-refractivity contribution in [2.45, 2.75) is 31.6 Å². The van der Waals surface area contributed by atoms with Gasteiger partial charge in [0.15, 0.2) is 0 Å². The summed E-state index contributed by atoms with van der Waals surface area (Å²) in [6.45, 7) is 2.38. The smallest absolute Gasteiger partial charge is 0.146 e. The van der Waals surface area contributed by atoms with Crippen LogP contribution in [0, 0.1) is 0 Å². The highest BCUT2D eigenvalue weighted by atomic mass is 16.3. The lowest BCUT2D eigenvalue weighted by Crippen LogP contribution is -2.25. The van der Waals surface area contributed by atoms with Crippen molar-refractivity contribution in [1.29, 1.82) is 0 Å². The Morgan fingerprint density at radius 1 is 0.632 bits per heavy atom. The Balaban J connectivity index is 1.08. The Morgan fingerprint density at radius 2 is 1.37 bits per heavy atom. The van der Waals surface area contributed by atoms with Crippen LogP contribution in [0.25, 0.3) is 60.6 Å². The largest absolute Gasteiger partial charge is 0.505 e. The average molecular weight is 737 g/mol. The van der Waals surface area contributed by atoms with E-state index in [4.69, 9.17) is 0 Å². The molecule has 3 nitrogen and oxygen atoms in total. The Kier molecular flexibility index (Phi) is 8.52. The summed E-state index contributed by atoms with van der Waals surface area (Å²) in [6, 6.07) is 55.2. The van der Waals surface area contributed by atoms with Crippen LogP contribution >= 0.6 is 0 Å². The van der Waals surface area contributed by atoms with Crippen molar-refractivity contribution in [3.63, 3.8) is 0 Å². The number of allylic oxidation sites excluding steroid dienone is 4. The van der Waals surface area contributed by atoms with Gasteiger partial charge >= 0.3 is 0 Å². The number of benzene rings is 8. The fourth-order valence-corrected chi connectivity index (χ4v) is 9.16. The van der Waals surface area contributed by atoms with Crippen molar-refractivity contribution < 1.29 is 5.11 Å². The number of phenolic OH excluding ortho intramolecular Hbond substituents is 1. The van der Waals surface area contributed by atoms with E-state index < -0.39 is 0 Å². The van der Waals surface area contributed by atoms with Gasteiger partial charge in [-0.2, -0.15) is 0 Å². The molecule has 276 valence electrons. The molecule has 57 heavy (non-hydrogen) atoms. The molecule has 1 atom stereocenters. The van der Waals surface area contributed by atoms with E-state index in [1.54, 1.807) is 0 Å². The predicted octanol–water partition coefficient (Wildman–Crippen LogP) is 14.1. The molecule has 0 aromatic heterocycles. The number of fused-ring (bicyclic) bond motifs is 5. The van der Waals surface area contributed by atoms with Gasteiger partial charge in [-0.25, -0.2) is 0 Å². The van der Waals surface area contributed by atoms with Gasteiger partial charge in [-0.15, -0.1) is 0 Å². The second kappa shape index (κ2) is 14.0. The standard InChI is InChI=1S/C54H44N2O/c1-54(50-35-40-17-6-8-18-44(40)47-21-10-11-22-48(47)50)30-28-42(29-31-54)56(51-23-13-12-19-45(51)36-14-4-3-5-15-36)43-27-26-37-32-41(25-24-38(37)33-43)49-34-39-16-7-9-20-46(39)53(57)52(49)55-2/h3-6,8-15,17-30,32-35,55,57H,7,16,31H2,1-2H3. The Hall–Kier alpha value is -6.84. The third-order valence-electron chi connectivity index (χ3n) is 12.2. The van der Waals surface area contributed by atoms with Crippen LogP contribution in [0.4, 0.5) is 17.1 Å². The van der Waals surface area contributed by atoms with Gasteiger partial charge in [-0.1, -0.05) is 146 Å². The van der Waals surface area contributed by atoms with Crippen LogP contribution in [0.5, 0.6) is 5.75 Å². The first-order valence-corrected chi connectivity index (χ1v) is 20.0. The van der Waals surface area contributed by atoms with Crippen LogP contribution in [0.1, 0.15) is 36.5 Å². The lowest BCUT2D eigenvalue weighted by atomic mass is 9.74. The Labute approximate surface area is 334 Å². The van der Waals surface area contributed by atoms with E-state index in [2.05, 4.69) is 193 Å². The summed E-state index contributed by atoms with van der Waals surface area (Å²) in [5.41, 5.74) is 11.9. The first-order valence-electron chi connectivity index (χ1n) is 20.0. The summed E-state index contributed by atoms with van der Waals surface area (Å²) in [5.74, 6) is 0.322. The highest BCUT2D eigenvalue weighted by Crippen LogP contribution is 2.46. The van der Waals surface area contributed by atoms with Crippen molar-refractivity contribution in [2.24, 2.45) is 0 Å². The molecule has 0 saturated heterocycles. The molecule has 0 radical (unpaired) electrons. The predicted molar refractivity (Wildman–Crippen MR) is 243 cm³/mol. The monoisotopic (exact) mass is 736 g/mol. The van der Waals surface area contributed by atoms with Crippen LogP contribution in [0.2, 0.25) is 0 Å². The summed E-state index contributed by atoms with van der Waals surface area (Å²) >= 11 is 0. The zero-order valence-electron chi connectivity index (χ0n) is 32.3. The van der Waals surface area contributed by atoms with E-state index in [1.165, 1.54) is 43.8 Å². The SMILES string of the molecule is CNc1c(-c2ccc3cc(N(C4=CCC(C)(c5cc6ccccc6c6ccccc56)C=C4)c4ccccc4-c4ccccc4)ccc3c2)cc2c(c1O)C=CCC2. The van der Waals surface area contributed by atoms with Gasteiger partial charge in [0.1, 0.15) is 5.75 Å². The minimum Gasteiger partial charge on any atom is -0.505 e. The second-order valence-electron chi connectivity index (χ2n) is 15.7. The minimum atomic E-state index is -0.189. The van der Waals surface area contributed by atoms with Crippen molar-refractivity contribution >= 4 is 55.5 Å². The summed E-state index contributed by atoms with van der Waals surface area (Å²) in [7, 11) is 1.88. The third-order valence-corrected chi connectivity index (χ3v) is 12.2. The minimum absolute atomic E-state index is 0.189. The van der Waals surface area contributed by atoms with Crippen molar-refractivity contribution in [2.75, 3.05) is 17.3 Å². The number of nitrogens with one attached hydrogen (secondary N) is 1. The quantitative estimate of drug-likeness (QED) is 0.126. The highest BCUT2D eigenvalue weighted by Gasteiger charge is 2.30. The van der Waals surface area contributed by atoms with Crippen molar-refractivity contribution in [3.8, 4) is 28.0 Å². The fourth-order valence-electron chi connectivity index (χ4n) is 9.16. The zero-order valence-corrected chi connectivity index (χ0v) is 32.3. The molecule has 8 aromatic rings. The highest BCUT2D eigenvalue weighted by molar-refractivity contribution is 6.09. The molecule has 0 fully saturated rings. The maximum Gasteiger partial charge on any atom is 0.146 e. The lowest BCUT2D eigenvalue weighted by molar-refractivity contribution is 0.475. The van der Waals surface area contributed by atoms with Gasteiger partial charge in [-0.05, 0) is 116 Å². The van der Waals surface area contributed by atoms with Gasteiger partial charge in [0.05, 0.1) is 11.4 Å². The topological polar surface area (TPSA) is 35.5 Å². The molecule has 3 heteroatoms. The van der Waals surface area contributed by atoms with Crippen LogP contribution in [-0.2, 0) is 11.8 Å². The van der Waals surface area contributed by atoms with Gasteiger partial charge in [0.2, 0.25) is 0 Å². The zero-order chi connectivity index (χ0) is 38.5. The van der Waals surface area contributed by atoms with E-state index in [0.29, 0.717) is 5.75 Å². The van der Waals surface area contributed by atoms with Gasteiger partial charge in [-0.3, -0.25) is 0 Å². The summed E-state index contributed by atoms with van der Waals surface area (Å²) in [5, 5.41) is 22.1. The first kappa shape index (κ1) is 34.6. The number of phenols is 1. The average Bonchev–Trinajstić information content (AvgIpc) is 3.27. The molecule has 0 heterocycles. The molecule has 8 aromatic carbocycles. The summed E-state index contributed by atoms with van der Waals surface area (Å²) < 4.78 is 0. The molecule has 0 aliphatic heterocycles. The molecular weight excluding hydrogens is 693 g/mol. The van der Waals surface area contributed by atoms with Crippen molar-refractivity contribution in [1.82, 2.24) is 0 Å². The van der Waals surface area contributed by atoms with E-state index in [0.717, 1.165) is 69.5 Å². The molecule has 0 bridgehead atoms. The first-order chi connectivity index (χ1) is 28.0. The fraction of sp³-hybridized carbons (Fsp3) is 0.111. The molecule has 0 spiro atoms. The molecule has 0 saturated carbocycles. The Bertz CT molecular complexity index is 2950. The maximum atomic E-state index is 11.3. The normalized spacial score (nSPS) is 16.1. The number of hydrogen-bond donors (Lipinski definition) is 2. The summed E-state index contributed by atoms with van der Waals surface area (Å²) in [6.07, 6.45) is 14.1. The van der Waals surface area contributed by atoms with E-state index in [-0.39, 0.29) is 5.41 Å². The van der Waals surface area contributed by atoms with Gasteiger partial charge < -0.3 is 15.3 Å². The molecule has 10 rings (SSSR count). The van der Waals surface area contributed by atoms with Crippen LogP contribution in [0.15, 0.2) is 182 Å². The van der Waals surface area contributed by atoms with Crippen molar-refractivity contribution in [3.05, 3.63) is 198 Å². The molecule has 1 unspecified atom stereocenters.